The minimum atomic E-state index is -0.254. The number of carbonyl (C=O) groups is 1. The van der Waals surface area contributed by atoms with Crippen LogP contribution in [-0.2, 0) is 6.54 Å². The van der Waals surface area contributed by atoms with Crippen LogP contribution in [0.2, 0.25) is 5.15 Å². The highest BCUT2D eigenvalue weighted by molar-refractivity contribution is 7.07. The lowest BCUT2D eigenvalue weighted by Gasteiger charge is -2.02. The Kier molecular flexibility index (Phi) is 3.48. The van der Waals surface area contributed by atoms with Gasteiger partial charge in [0.2, 0.25) is 0 Å². The molecule has 0 aliphatic rings. The molecule has 2 aromatic heterocycles. The highest BCUT2D eigenvalue weighted by Gasteiger charge is 2.07. The van der Waals surface area contributed by atoms with Crippen LogP contribution in [0.1, 0.15) is 16.1 Å². The van der Waals surface area contributed by atoms with Gasteiger partial charge in [-0.05, 0) is 22.4 Å². The lowest BCUT2D eigenvalue weighted by atomic mass is 10.3. The van der Waals surface area contributed by atoms with E-state index in [1.54, 1.807) is 11.3 Å². The Morgan fingerprint density at radius 2 is 2.31 bits per heavy atom. The molecule has 2 heterocycles. The average molecular weight is 254 g/mol. The Bertz CT molecular complexity index is 469. The van der Waals surface area contributed by atoms with Gasteiger partial charge in [-0.2, -0.15) is 11.3 Å². The van der Waals surface area contributed by atoms with Crippen LogP contribution in [0.4, 0.5) is 0 Å². The van der Waals surface area contributed by atoms with Crippen LogP contribution in [0.5, 0.6) is 0 Å². The molecular weight excluding hydrogens is 246 g/mol. The summed E-state index contributed by atoms with van der Waals surface area (Å²) in [6, 6.07) is 1.96. The first-order chi connectivity index (χ1) is 7.75. The van der Waals surface area contributed by atoms with Gasteiger partial charge in [-0.25, -0.2) is 9.97 Å². The first kappa shape index (κ1) is 11.0. The zero-order valence-electron chi connectivity index (χ0n) is 8.18. The van der Waals surface area contributed by atoms with E-state index in [1.807, 2.05) is 16.8 Å². The third kappa shape index (κ3) is 2.77. The molecule has 0 aliphatic heterocycles. The van der Waals surface area contributed by atoms with Gasteiger partial charge in [0.05, 0.1) is 12.4 Å². The van der Waals surface area contributed by atoms with E-state index in [4.69, 9.17) is 11.6 Å². The van der Waals surface area contributed by atoms with Crippen molar-refractivity contribution in [2.45, 2.75) is 6.54 Å². The van der Waals surface area contributed by atoms with Crippen molar-refractivity contribution >= 4 is 28.8 Å². The minimum Gasteiger partial charge on any atom is -0.347 e. The SMILES string of the molecule is O=C(NCc1ccsc1)c1cnc(Cl)cn1. The number of nitrogens with one attached hydrogen (secondary N) is 1. The fourth-order valence-electron chi connectivity index (χ4n) is 1.10. The maximum Gasteiger partial charge on any atom is 0.271 e. The number of thiophene rings is 1. The molecule has 0 aromatic carbocycles. The number of carbonyl (C=O) groups excluding carboxylic acids is 1. The molecule has 0 atom stereocenters. The number of halogens is 1. The predicted octanol–water partition coefficient (Wildman–Crippen LogP) is 2.12. The second-order valence-electron chi connectivity index (χ2n) is 3.04. The fraction of sp³-hybridized carbons (Fsp3) is 0.100. The van der Waals surface area contributed by atoms with Crippen molar-refractivity contribution in [3.8, 4) is 0 Å². The summed E-state index contributed by atoms with van der Waals surface area (Å²) >= 11 is 7.16. The van der Waals surface area contributed by atoms with Crippen molar-refractivity contribution in [1.82, 2.24) is 15.3 Å². The molecule has 0 aliphatic carbocycles. The van der Waals surface area contributed by atoms with E-state index in [9.17, 15) is 4.79 Å². The van der Waals surface area contributed by atoms with E-state index in [1.165, 1.54) is 12.4 Å². The summed E-state index contributed by atoms with van der Waals surface area (Å²) < 4.78 is 0. The molecule has 1 amide bonds. The number of hydrogen-bond acceptors (Lipinski definition) is 4. The third-order valence-electron chi connectivity index (χ3n) is 1.89. The van der Waals surface area contributed by atoms with Crippen LogP contribution in [-0.4, -0.2) is 15.9 Å². The van der Waals surface area contributed by atoms with Gasteiger partial charge in [-0.15, -0.1) is 0 Å². The predicted molar refractivity (Wildman–Crippen MR) is 62.5 cm³/mol. The van der Waals surface area contributed by atoms with E-state index in [0.717, 1.165) is 5.56 Å². The van der Waals surface area contributed by atoms with Crippen LogP contribution in [0.3, 0.4) is 0 Å². The number of aromatic nitrogens is 2. The van der Waals surface area contributed by atoms with Crippen molar-refractivity contribution in [2.24, 2.45) is 0 Å². The summed E-state index contributed by atoms with van der Waals surface area (Å²) in [7, 11) is 0. The van der Waals surface area contributed by atoms with Crippen molar-refractivity contribution in [1.29, 1.82) is 0 Å². The quantitative estimate of drug-likeness (QED) is 0.912. The summed E-state index contributed by atoms with van der Waals surface area (Å²) in [5, 5.41) is 6.96. The van der Waals surface area contributed by atoms with Crippen molar-refractivity contribution in [2.75, 3.05) is 0 Å². The Morgan fingerprint density at radius 3 is 2.94 bits per heavy atom. The zero-order chi connectivity index (χ0) is 11.4. The van der Waals surface area contributed by atoms with Crippen LogP contribution in [0.25, 0.3) is 0 Å². The zero-order valence-corrected chi connectivity index (χ0v) is 9.76. The van der Waals surface area contributed by atoms with E-state index in [-0.39, 0.29) is 16.8 Å². The van der Waals surface area contributed by atoms with Crippen LogP contribution in [0, 0.1) is 0 Å². The Hall–Kier alpha value is -1.46. The lowest BCUT2D eigenvalue weighted by Crippen LogP contribution is -2.23. The van der Waals surface area contributed by atoms with Gasteiger partial charge in [0, 0.05) is 6.54 Å². The summed E-state index contributed by atoms with van der Waals surface area (Å²) in [6.45, 7) is 0.493. The number of amides is 1. The van der Waals surface area contributed by atoms with Crippen LogP contribution >= 0.6 is 22.9 Å². The average Bonchev–Trinajstić information content (AvgIpc) is 2.80. The van der Waals surface area contributed by atoms with Crippen molar-refractivity contribution in [3.05, 3.63) is 45.6 Å². The van der Waals surface area contributed by atoms with Crippen LogP contribution < -0.4 is 5.32 Å². The first-order valence-electron chi connectivity index (χ1n) is 4.52. The van der Waals surface area contributed by atoms with Gasteiger partial charge in [0.15, 0.2) is 0 Å². The molecule has 0 saturated heterocycles. The van der Waals surface area contributed by atoms with E-state index >= 15 is 0 Å². The molecule has 6 heteroatoms. The van der Waals surface area contributed by atoms with Gasteiger partial charge in [0.1, 0.15) is 10.8 Å². The van der Waals surface area contributed by atoms with E-state index in [0.29, 0.717) is 6.54 Å². The maximum atomic E-state index is 11.6. The molecule has 0 saturated carbocycles. The molecule has 0 radical (unpaired) electrons. The second kappa shape index (κ2) is 5.05. The largest absolute Gasteiger partial charge is 0.347 e. The Labute approximate surface area is 101 Å². The molecule has 4 nitrogen and oxygen atoms in total. The highest BCUT2D eigenvalue weighted by Crippen LogP contribution is 2.06. The number of rotatable bonds is 3. The lowest BCUT2D eigenvalue weighted by molar-refractivity contribution is 0.0945. The standard InChI is InChI=1S/C10H8ClN3OS/c11-9-5-12-8(4-13-9)10(15)14-3-7-1-2-16-6-7/h1-2,4-6H,3H2,(H,14,15). The van der Waals surface area contributed by atoms with Gasteiger partial charge < -0.3 is 5.32 Å². The minimum absolute atomic E-state index is 0.254. The molecular formula is C10H8ClN3OS. The summed E-state index contributed by atoms with van der Waals surface area (Å²) in [6.07, 6.45) is 2.70. The molecule has 0 bridgehead atoms. The Morgan fingerprint density at radius 1 is 1.44 bits per heavy atom. The molecule has 82 valence electrons. The molecule has 1 N–H and O–H groups in total. The van der Waals surface area contributed by atoms with E-state index in [2.05, 4.69) is 15.3 Å². The first-order valence-corrected chi connectivity index (χ1v) is 5.84. The molecule has 16 heavy (non-hydrogen) atoms. The molecule has 0 spiro atoms. The molecule has 2 rings (SSSR count). The molecule has 2 aromatic rings. The summed E-state index contributed by atoms with van der Waals surface area (Å²) in [5.74, 6) is -0.254. The number of nitrogens with zero attached hydrogens (tertiary/aromatic N) is 2. The normalized spacial score (nSPS) is 10.1. The number of hydrogen-bond donors (Lipinski definition) is 1. The van der Waals surface area contributed by atoms with Gasteiger partial charge >= 0.3 is 0 Å². The van der Waals surface area contributed by atoms with Crippen molar-refractivity contribution in [3.63, 3.8) is 0 Å². The van der Waals surface area contributed by atoms with E-state index < -0.39 is 0 Å². The van der Waals surface area contributed by atoms with Gasteiger partial charge in [-0.1, -0.05) is 11.6 Å². The molecule has 0 unspecified atom stereocenters. The highest BCUT2D eigenvalue weighted by atomic mass is 35.5. The maximum absolute atomic E-state index is 11.6. The molecule has 0 fully saturated rings. The van der Waals surface area contributed by atoms with Gasteiger partial charge in [-0.3, -0.25) is 4.79 Å². The fourth-order valence-corrected chi connectivity index (χ4v) is 1.86. The Balaban J connectivity index is 1.95. The van der Waals surface area contributed by atoms with Crippen molar-refractivity contribution < 1.29 is 4.79 Å². The topological polar surface area (TPSA) is 54.9 Å². The second-order valence-corrected chi connectivity index (χ2v) is 4.21. The summed E-state index contributed by atoms with van der Waals surface area (Å²) in [5.41, 5.74) is 1.33. The third-order valence-corrected chi connectivity index (χ3v) is 2.81. The summed E-state index contributed by atoms with van der Waals surface area (Å²) in [4.78, 5) is 19.3. The smallest absolute Gasteiger partial charge is 0.271 e. The van der Waals surface area contributed by atoms with Crippen LogP contribution in [0.15, 0.2) is 29.2 Å². The van der Waals surface area contributed by atoms with Gasteiger partial charge in [0.25, 0.3) is 5.91 Å². The monoisotopic (exact) mass is 253 g/mol.